The van der Waals surface area contributed by atoms with Crippen molar-refractivity contribution in [1.82, 2.24) is 5.32 Å². The van der Waals surface area contributed by atoms with Crippen LogP contribution in [-0.4, -0.2) is 12.6 Å². The van der Waals surface area contributed by atoms with Gasteiger partial charge in [0, 0.05) is 12.1 Å². The lowest BCUT2D eigenvalue weighted by atomic mass is 10.0. The highest BCUT2D eigenvalue weighted by Gasteiger charge is 2.27. The van der Waals surface area contributed by atoms with E-state index in [1.165, 1.54) is 30.6 Å². The molecule has 0 spiro atoms. The second-order valence-electron chi connectivity index (χ2n) is 4.53. The first-order chi connectivity index (χ1) is 7.23. The van der Waals surface area contributed by atoms with E-state index in [0.29, 0.717) is 5.54 Å². The summed E-state index contributed by atoms with van der Waals surface area (Å²) in [4.78, 5) is 1.31. The Morgan fingerprint density at radius 3 is 2.87 bits per heavy atom. The van der Waals surface area contributed by atoms with Gasteiger partial charge in [0.05, 0.1) is 12.0 Å². The first kappa shape index (κ1) is 11.0. The molecule has 2 nitrogen and oxygen atoms in total. The lowest BCUT2D eigenvalue weighted by molar-refractivity contribution is 0.357. The van der Waals surface area contributed by atoms with Gasteiger partial charge in [0.2, 0.25) is 0 Å². The molecule has 3 heteroatoms. The molecule has 1 aliphatic carbocycles. The standard InChI is InChI=1S/C12H19NOS/c1-12(6-3-4-7-12)13-9-11-10(14-2)5-8-15-11/h5,8,13H,3-4,6-7,9H2,1-2H3. The van der Waals surface area contributed by atoms with E-state index in [9.17, 15) is 0 Å². The van der Waals surface area contributed by atoms with E-state index in [1.807, 2.05) is 6.07 Å². The van der Waals surface area contributed by atoms with Crippen molar-refractivity contribution in [3.8, 4) is 5.75 Å². The second-order valence-corrected chi connectivity index (χ2v) is 5.53. The van der Waals surface area contributed by atoms with Gasteiger partial charge in [0.15, 0.2) is 0 Å². The minimum atomic E-state index is 0.356. The fourth-order valence-corrected chi connectivity index (χ4v) is 3.04. The van der Waals surface area contributed by atoms with Crippen LogP contribution in [-0.2, 0) is 6.54 Å². The topological polar surface area (TPSA) is 21.3 Å². The van der Waals surface area contributed by atoms with Crippen LogP contribution in [0.1, 0.15) is 37.5 Å². The summed E-state index contributed by atoms with van der Waals surface area (Å²) in [7, 11) is 1.74. The first-order valence-electron chi connectivity index (χ1n) is 5.59. The molecule has 0 saturated heterocycles. The van der Waals surface area contributed by atoms with Gasteiger partial charge in [0.1, 0.15) is 5.75 Å². The van der Waals surface area contributed by atoms with E-state index >= 15 is 0 Å². The summed E-state index contributed by atoms with van der Waals surface area (Å²) < 4.78 is 5.30. The van der Waals surface area contributed by atoms with Crippen molar-refractivity contribution >= 4 is 11.3 Å². The van der Waals surface area contributed by atoms with Crippen LogP contribution in [0, 0.1) is 0 Å². The maximum atomic E-state index is 5.30. The fraction of sp³-hybridized carbons (Fsp3) is 0.667. The lowest BCUT2D eigenvalue weighted by Crippen LogP contribution is -2.38. The normalized spacial score (nSPS) is 19.3. The van der Waals surface area contributed by atoms with Gasteiger partial charge in [-0.05, 0) is 31.2 Å². The number of hydrogen-bond acceptors (Lipinski definition) is 3. The van der Waals surface area contributed by atoms with Gasteiger partial charge in [-0.25, -0.2) is 0 Å². The summed E-state index contributed by atoms with van der Waals surface area (Å²) in [6.45, 7) is 3.28. The van der Waals surface area contributed by atoms with Crippen LogP contribution in [0.2, 0.25) is 0 Å². The molecule has 0 radical (unpaired) electrons. The Hall–Kier alpha value is -0.540. The Balaban J connectivity index is 1.92. The molecule has 84 valence electrons. The fourth-order valence-electron chi connectivity index (χ4n) is 2.27. The summed E-state index contributed by atoms with van der Waals surface area (Å²) >= 11 is 1.77. The van der Waals surface area contributed by atoms with Gasteiger partial charge in [-0.3, -0.25) is 0 Å². The third-order valence-corrected chi connectivity index (χ3v) is 4.21. The Bertz CT molecular complexity index is 315. The van der Waals surface area contributed by atoms with Crippen molar-refractivity contribution in [2.24, 2.45) is 0 Å². The molecule has 0 aromatic carbocycles. The Labute approximate surface area is 95.6 Å². The molecule has 1 aliphatic rings. The van der Waals surface area contributed by atoms with Gasteiger partial charge in [-0.1, -0.05) is 12.8 Å². The number of rotatable bonds is 4. The Morgan fingerprint density at radius 1 is 1.47 bits per heavy atom. The largest absolute Gasteiger partial charge is 0.496 e. The molecule has 0 bridgehead atoms. The number of ether oxygens (including phenoxy) is 1. The third-order valence-electron chi connectivity index (χ3n) is 3.31. The molecule has 0 amide bonds. The lowest BCUT2D eigenvalue weighted by Gasteiger charge is -2.25. The van der Waals surface area contributed by atoms with Crippen LogP contribution < -0.4 is 10.1 Å². The molecule has 1 aromatic heterocycles. The van der Waals surface area contributed by atoms with E-state index < -0.39 is 0 Å². The molecule has 1 fully saturated rings. The quantitative estimate of drug-likeness (QED) is 0.849. The molecule has 0 unspecified atom stereocenters. The average molecular weight is 225 g/mol. The van der Waals surface area contributed by atoms with Crippen molar-refractivity contribution in [2.45, 2.75) is 44.7 Å². The SMILES string of the molecule is COc1ccsc1CNC1(C)CCCC1. The van der Waals surface area contributed by atoms with Gasteiger partial charge in [-0.15, -0.1) is 11.3 Å². The van der Waals surface area contributed by atoms with Crippen molar-refractivity contribution in [3.63, 3.8) is 0 Å². The smallest absolute Gasteiger partial charge is 0.134 e. The van der Waals surface area contributed by atoms with Crippen LogP contribution in [0.4, 0.5) is 0 Å². The van der Waals surface area contributed by atoms with Crippen LogP contribution in [0.15, 0.2) is 11.4 Å². The van der Waals surface area contributed by atoms with E-state index in [4.69, 9.17) is 4.74 Å². The van der Waals surface area contributed by atoms with Crippen LogP contribution in [0.3, 0.4) is 0 Å². The highest BCUT2D eigenvalue weighted by molar-refractivity contribution is 7.10. The molecule has 1 aromatic rings. The Kier molecular flexibility index (Phi) is 3.32. The van der Waals surface area contributed by atoms with Crippen LogP contribution >= 0.6 is 11.3 Å². The van der Waals surface area contributed by atoms with Crippen LogP contribution in [0.25, 0.3) is 0 Å². The number of nitrogens with one attached hydrogen (secondary N) is 1. The van der Waals surface area contributed by atoms with Crippen molar-refractivity contribution in [1.29, 1.82) is 0 Å². The maximum absolute atomic E-state index is 5.30. The van der Waals surface area contributed by atoms with E-state index in [-0.39, 0.29) is 0 Å². The summed E-state index contributed by atoms with van der Waals surface area (Å²) in [6.07, 6.45) is 5.34. The second kappa shape index (κ2) is 4.54. The molecule has 0 aliphatic heterocycles. The molecule has 0 atom stereocenters. The summed E-state index contributed by atoms with van der Waals surface area (Å²) in [6, 6.07) is 2.04. The van der Waals surface area contributed by atoms with Gasteiger partial charge < -0.3 is 10.1 Å². The zero-order valence-corrected chi connectivity index (χ0v) is 10.3. The van der Waals surface area contributed by atoms with Crippen molar-refractivity contribution < 1.29 is 4.74 Å². The zero-order chi connectivity index (χ0) is 10.7. The van der Waals surface area contributed by atoms with E-state index in [0.717, 1.165) is 12.3 Å². The molecule has 1 N–H and O–H groups in total. The zero-order valence-electron chi connectivity index (χ0n) is 9.51. The summed E-state index contributed by atoms with van der Waals surface area (Å²) in [5.74, 6) is 1.02. The van der Waals surface area contributed by atoms with Gasteiger partial charge in [0.25, 0.3) is 0 Å². The molecular weight excluding hydrogens is 206 g/mol. The van der Waals surface area contributed by atoms with Crippen molar-refractivity contribution in [2.75, 3.05) is 7.11 Å². The number of hydrogen-bond donors (Lipinski definition) is 1. The van der Waals surface area contributed by atoms with Gasteiger partial charge >= 0.3 is 0 Å². The van der Waals surface area contributed by atoms with E-state index in [2.05, 4.69) is 17.6 Å². The van der Waals surface area contributed by atoms with Crippen LogP contribution in [0.5, 0.6) is 5.75 Å². The Morgan fingerprint density at radius 2 is 2.20 bits per heavy atom. The van der Waals surface area contributed by atoms with Crippen molar-refractivity contribution in [3.05, 3.63) is 16.3 Å². The predicted molar refractivity (Wildman–Crippen MR) is 64.6 cm³/mol. The molecule has 1 heterocycles. The number of thiophene rings is 1. The number of methoxy groups -OCH3 is 1. The predicted octanol–water partition coefficient (Wildman–Crippen LogP) is 3.18. The molecular formula is C12H19NOS. The minimum absolute atomic E-state index is 0.356. The average Bonchev–Trinajstić information content (AvgIpc) is 2.84. The summed E-state index contributed by atoms with van der Waals surface area (Å²) in [5, 5.41) is 5.76. The monoisotopic (exact) mass is 225 g/mol. The summed E-state index contributed by atoms with van der Waals surface area (Å²) in [5.41, 5.74) is 0.356. The van der Waals surface area contributed by atoms with Gasteiger partial charge in [-0.2, -0.15) is 0 Å². The molecule has 1 saturated carbocycles. The highest BCUT2D eigenvalue weighted by atomic mass is 32.1. The molecule has 15 heavy (non-hydrogen) atoms. The first-order valence-corrected chi connectivity index (χ1v) is 6.47. The maximum Gasteiger partial charge on any atom is 0.134 e. The molecule has 2 rings (SSSR count). The highest BCUT2D eigenvalue weighted by Crippen LogP contribution is 2.31. The third kappa shape index (κ3) is 2.52. The van der Waals surface area contributed by atoms with E-state index in [1.54, 1.807) is 18.4 Å². The minimum Gasteiger partial charge on any atom is -0.496 e.